The highest BCUT2D eigenvalue weighted by molar-refractivity contribution is 5.22. The third-order valence-electron chi connectivity index (χ3n) is 3.39. The minimum atomic E-state index is -0.774. The Labute approximate surface area is 94.9 Å². The average Bonchev–Trinajstić information content (AvgIpc) is 2.98. The molecule has 0 aromatic heterocycles. The molecule has 1 nitrogen and oxygen atoms in total. The summed E-state index contributed by atoms with van der Waals surface area (Å²) >= 11 is 0. The fraction of sp³-hybridized carbons (Fsp3) is 0.538. The van der Waals surface area contributed by atoms with Gasteiger partial charge in [0.1, 0.15) is 0 Å². The molecule has 16 heavy (non-hydrogen) atoms. The van der Waals surface area contributed by atoms with Crippen molar-refractivity contribution < 1.29 is 8.78 Å². The molecule has 0 heterocycles. The first-order chi connectivity index (χ1) is 7.52. The smallest absolute Gasteiger partial charge is 0.163 e. The van der Waals surface area contributed by atoms with Gasteiger partial charge in [-0.05, 0) is 31.2 Å². The second-order valence-electron chi connectivity index (χ2n) is 5.06. The zero-order chi connectivity index (χ0) is 11.8. The quantitative estimate of drug-likeness (QED) is 0.828. The monoisotopic (exact) mass is 225 g/mol. The van der Waals surface area contributed by atoms with Crippen LogP contribution in [0.5, 0.6) is 0 Å². The van der Waals surface area contributed by atoms with Crippen molar-refractivity contribution in [3.8, 4) is 0 Å². The van der Waals surface area contributed by atoms with Gasteiger partial charge in [0.25, 0.3) is 0 Å². The molecule has 0 radical (unpaired) electrons. The largest absolute Gasteiger partial charge is 0.310 e. The van der Waals surface area contributed by atoms with E-state index in [0.29, 0.717) is 11.0 Å². The number of hydrogen-bond donors (Lipinski definition) is 1. The summed E-state index contributed by atoms with van der Waals surface area (Å²) in [5.41, 5.74) is 0.780. The zero-order valence-corrected chi connectivity index (χ0v) is 9.69. The number of rotatable bonds is 4. The molecular formula is C13H17F2N. The Bertz CT molecular complexity index is 386. The molecule has 1 fully saturated rings. The van der Waals surface area contributed by atoms with E-state index in [4.69, 9.17) is 0 Å². The first kappa shape index (κ1) is 11.5. The number of nitrogens with one attached hydrogen (secondary N) is 1. The summed E-state index contributed by atoms with van der Waals surface area (Å²) < 4.78 is 26.5. The first-order valence-corrected chi connectivity index (χ1v) is 5.69. The molecule has 1 atom stereocenters. The number of halogens is 2. The fourth-order valence-electron chi connectivity index (χ4n) is 1.75. The van der Waals surface area contributed by atoms with Crippen molar-refractivity contribution in [1.82, 2.24) is 5.32 Å². The Kier molecular flexibility index (Phi) is 2.98. The summed E-state index contributed by atoms with van der Waals surface area (Å²) in [7, 11) is 0. The van der Waals surface area contributed by atoms with Crippen LogP contribution in [-0.2, 0) is 0 Å². The van der Waals surface area contributed by atoms with E-state index in [-0.39, 0.29) is 6.04 Å². The first-order valence-electron chi connectivity index (χ1n) is 5.69. The van der Waals surface area contributed by atoms with Crippen molar-refractivity contribution in [2.45, 2.75) is 32.7 Å². The normalized spacial score (nSPS) is 19.5. The van der Waals surface area contributed by atoms with Gasteiger partial charge in [0.05, 0.1) is 0 Å². The van der Waals surface area contributed by atoms with E-state index in [1.165, 1.54) is 12.8 Å². The van der Waals surface area contributed by atoms with E-state index < -0.39 is 11.6 Å². The van der Waals surface area contributed by atoms with E-state index in [2.05, 4.69) is 12.2 Å². The van der Waals surface area contributed by atoms with Gasteiger partial charge in [-0.25, -0.2) is 8.78 Å². The molecule has 0 bridgehead atoms. The van der Waals surface area contributed by atoms with Crippen molar-refractivity contribution in [2.24, 2.45) is 5.41 Å². The predicted octanol–water partition coefficient (Wildman–Crippen LogP) is 3.42. The van der Waals surface area contributed by atoms with E-state index in [9.17, 15) is 8.78 Å². The van der Waals surface area contributed by atoms with Crippen molar-refractivity contribution in [3.05, 3.63) is 35.4 Å². The summed E-state index contributed by atoms with van der Waals surface area (Å²) in [5, 5.41) is 3.26. The van der Waals surface area contributed by atoms with Gasteiger partial charge in [-0.2, -0.15) is 0 Å². The van der Waals surface area contributed by atoms with Crippen LogP contribution >= 0.6 is 0 Å². The van der Waals surface area contributed by atoms with Crippen molar-refractivity contribution in [1.29, 1.82) is 0 Å². The molecule has 1 aromatic carbocycles. The molecule has 1 aliphatic carbocycles. The molecule has 3 heteroatoms. The number of hydrogen-bond acceptors (Lipinski definition) is 1. The van der Waals surface area contributed by atoms with E-state index >= 15 is 0 Å². The second kappa shape index (κ2) is 4.13. The summed E-state index contributed by atoms with van der Waals surface area (Å²) in [6.45, 7) is 4.93. The van der Waals surface area contributed by atoms with Gasteiger partial charge in [-0.1, -0.05) is 19.1 Å². The minimum absolute atomic E-state index is 0.145. The van der Waals surface area contributed by atoms with Gasteiger partial charge in [0.15, 0.2) is 11.6 Å². The summed E-state index contributed by atoms with van der Waals surface area (Å²) in [6.07, 6.45) is 2.44. The molecule has 1 unspecified atom stereocenters. The number of benzene rings is 1. The van der Waals surface area contributed by atoms with E-state index in [1.807, 2.05) is 6.92 Å². The maximum Gasteiger partial charge on any atom is 0.163 e. The second-order valence-corrected chi connectivity index (χ2v) is 5.06. The van der Waals surface area contributed by atoms with Gasteiger partial charge in [-0.15, -0.1) is 0 Å². The predicted molar refractivity (Wildman–Crippen MR) is 60.1 cm³/mol. The van der Waals surface area contributed by atoms with Crippen LogP contribution in [0.3, 0.4) is 0 Å². The third-order valence-corrected chi connectivity index (χ3v) is 3.39. The van der Waals surface area contributed by atoms with Gasteiger partial charge in [-0.3, -0.25) is 0 Å². The topological polar surface area (TPSA) is 12.0 Å². The fourth-order valence-corrected chi connectivity index (χ4v) is 1.75. The summed E-state index contributed by atoms with van der Waals surface area (Å²) in [4.78, 5) is 0. The molecule has 0 saturated heterocycles. The maximum atomic E-state index is 13.5. The molecule has 0 aliphatic heterocycles. The SMILES string of the molecule is CC(NCC1(C)CC1)c1cccc(F)c1F. The van der Waals surface area contributed by atoms with E-state index in [0.717, 1.165) is 12.6 Å². The lowest BCUT2D eigenvalue weighted by atomic mass is 10.1. The lowest BCUT2D eigenvalue weighted by molar-refractivity contribution is 0.434. The maximum absolute atomic E-state index is 13.5. The highest BCUT2D eigenvalue weighted by Gasteiger charge is 2.37. The van der Waals surface area contributed by atoms with Crippen LogP contribution in [0.1, 0.15) is 38.3 Å². The van der Waals surface area contributed by atoms with Crippen LogP contribution < -0.4 is 5.32 Å². The molecule has 2 rings (SSSR count). The Balaban J connectivity index is 2.02. The molecule has 0 amide bonds. The van der Waals surface area contributed by atoms with Crippen LogP contribution in [0, 0.1) is 17.0 Å². The standard InChI is InChI=1S/C13H17F2N/c1-9(16-8-13(2)6-7-13)10-4-3-5-11(14)12(10)15/h3-5,9,16H,6-8H2,1-2H3. The van der Waals surface area contributed by atoms with Gasteiger partial charge < -0.3 is 5.32 Å². The minimum Gasteiger partial charge on any atom is -0.310 e. The molecule has 1 N–H and O–H groups in total. The van der Waals surface area contributed by atoms with Crippen molar-refractivity contribution in [2.75, 3.05) is 6.54 Å². The molecule has 1 aliphatic rings. The van der Waals surface area contributed by atoms with Crippen LogP contribution in [0.25, 0.3) is 0 Å². The van der Waals surface area contributed by atoms with Crippen molar-refractivity contribution in [3.63, 3.8) is 0 Å². The average molecular weight is 225 g/mol. The van der Waals surface area contributed by atoms with Crippen molar-refractivity contribution >= 4 is 0 Å². The van der Waals surface area contributed by atoms with E-state index in [1.54, 1.807) is 12.1 Å². The van der Waals surface area contributed by atoms with Crippen LogP contribution in [0.2, 0.25) is 0 Å². The highest BCUT2D eigenvalue weighted by Crippen LogP contribution is 2.44. The van der Waals surface area contributed by atoms with Crippen LogP contribution in [-0.4, -0.2) is 6.54 Å². The Morgan fingerprint density at radius 2 is 2.06 bits per heavy atom. The van der Waals surface area contributed by atoms with Gasteiger partial charge in [0, 0.05) is 18.2 Å². The van der Waals surface area contributed by atoms with Gasteiger partial charge >= 0.3 is 0 Å². The Morgan fingerprint density at radius 1 is 1.38 bits per heavy atom. The zero-order valence-electron chi connectivity index (χ0n) is 9.69. The lowest BCUT2D eigenvalue weighted by Crippen LogP contribution is -2.26. The summed E-state index contributed by atoms with van der Waals surface area (Å²) in [6, 6.07) is 4.18. The van der Waals surface area contributed by atoms with Crippen LogP contribution in [0.15, 0.2) is 18.2 Å². The molecule has 0 spiro atoms. The van der Waals surface area contributed by atoms with Gasteiger partial charge in [0.2, 0.25) is 0 Å². The lowest BCUT2D eigenvalue weighted by Gasteiger charge is -2.18. The molecule has 1 aromatic rings. The third kappa shape index (κ3) is 2.40. The van der Waals surface area contributed by atoms with Crippen LogP contribution in [0.4, 0.5) is 8.78 Å². The molecular weight excluding hydrogens is 208 g/mol. The highest BCUT2D eigenvalue weighted by atomic mass is 19.2. The molecule has 88 valence electrons. The summed E-state index contributed by atoms with van der Waals surface area (Å²) in [5.74, 6) is -1.51. The molecule has 1 saturated carbocycles. The Morgan fingerprint density at radius 3 is 2.69 bits per heavy atom. The Hall–Kier alpha value is -0.960.